The lowest BCUT2D eigenvalue weighted by molar-refractivity contribution is 0.102. The molecule has 0 saturated carbocycles. The zero-order chi connectivity index (χ0) is 15.0. The predicted octanol–water partition coefficient (Wildman–Crippen LogP) is 3.17. The number of carbonyl (C=O) groups is 1. The molecule has 1 aliphatic rings. The van der Waals surface area contributed by atoms with Crippen LogP contribution in [0.1, 0.15) is 32.9 Å². The molecule has 0 bridgehead atoms. The highest BCUT2D eigenvalue weighted by Crippen LogP contribution is 2.30. The fourth-order valence-electron chi connectivity index (χ4n) is 2.44. The van der Waals surface area contributed by atoms with Crippen molar-refractivity contribution in [3.8, 4) is 0 Å². The van der Waals surface area contributed by atoms with Gasteiger partial charge >= 0.3 is 0 Å². The van der Waals surface area contributed by atoms with Gasteiger partial charge in [-0.25, -0.2) is 4.98 Å². The minimum absolute atomic E-state index is 0.202. The van der Waals surface area contributed by atoms with E-state index >= 15 is 0 Å². The van der Waals surface area contributed by atoms with Crippen molar-refractivity contribution in [3.05, 3.63) is 44.9 Å². The number of thiazole rings is 1. The van der Waals surface area contributed by atoms with E-state index in [1.54, 1.807) is 6.07 Å². The normalized spacial score (nSPS) is 17.4. The number of anilines is 1. The lowest BCUT2D eigenvalue weighted by Gasteiger charge is -2.15. The molecule has 1 aromatic heterocycles. The Morgan fingerprint density at radius 1 is 1.52 bits per heavy atom. The van der Waals surface area contributed by atoms with E-state index in [2.05, 4.69) is 10.3 Å². The van der Waals surface area contributed by atoms with Gasteiger partial charge in [0.05, 0.1) is 16.3 Å². The molecule has 0 aliphatic heterocycles. The maximum Gasteiger partial charge on any atom is 0.258 e. The van der Waals surface area contributed by atoms with E-state index in [1.165, 1.54) is 16.2 Å². The third-order valence-corrected chi connectivity index (χ3v) is 5.17. The van der Waals surface area contributed by atoms with E-state index in [0.717, 1.165) is 30.5 Å². The fourth-order valence-corrected chi connectivity index (χ4v) is 3.75. The summed E-state index contributed by atoms with van der Waals surface area (Å²) >= 11 is 7.69. The fraction of sp³-hybridized carbons (Fsp3) is 0.333. The number of aromatic nitrogens is 1. The van der Waals surface area contributed by atoms with E-state index in [-0.39, 0.29) is 11.9 Å². The molecular weight excluding hydrogens is 306 g/mol. The van der Waals surface area contributed by atoms with Gasteiger partial charge in [-0.1, -0.05) is 23.7 Å². The molecule has 0 radical (unpaired) electrons. The summed E-state index contributed by atoms with van der Waals surface area (Å²) in [5, 5.41) is 3.95. The van der Waals surface area contributed by atoms with E-state index in [0.29, 0.717) is 15.7 Å². The molecule has 0 saturated heterocycles. The van der Waals surface area contributed by atoms with Crippen molar-refractivity contribution < 1.29 is 4.79 Å². The van der Waals surface area contributed by atoms with Gasteiger partial charge in [0.25, 0.3) is 5.91 Å². The molecule has 1 heterocycles. The molecule has 3 N–H and O–H groups in total. The summed E-state index contributed by atoms with van der Waals surface area (Å²) in [5.41, 5.74) is 8.38. The molecule has 2 aromatic rings. The number of nitrogens with one attached hydrogen (secondary N) is 1. The minimum atomic E-state index is -0.223. The highest BCUT2D eigenvalue weighted by Gasteiger charge is 2.21. The molecule has 1 aromatic carbocycles. The van der Waals surface area contributed by atoms with Crippen LogP contribution in [0, 0.1) is 6.92 Å². The van der Waals surface area contributed by atoms with E-state index in [1.807, 2.05) is 19.1 Å². The molecule has 1 atom stereocenters. The lowest BCUT2D eigenvalue weighted by atomic mass is 9.99. The SMILES string of the molecule is Cc1cccc(C(=O)Nc2nc3c(s2)C[C@@H](N)CC3)c1Cl. The Morgan fingerprint density at radius 2 is 2.33 bits per heavy atom. The van der Waals surface area contributed by atoms with Crippen LogP contribution in [0.5, 0.6) is 0 Å². The Hall–Kier alpha value is -1.43. The van der Waals surface area contributed by atoms with Crippen molar-refractivity contribution >= 4 is 34.0 Å². The molecule has 6 heteroatoms. The zero-order valence-corrected chi connectivity index (χ0v) is 13.2. The third kappa shape index (κ3) is 2.95. The largest absolute Gasteiger partial charge is 0.327 e. The number of hydrogen-bond acceptors (Lipinski definition) is 4. The van der Waals surface area contributed by atoms with Crippen LogP contribution in [0.4, 0.5) is 5.13 Å². The first-order valence-electron chi connectivity index (χ1n) is 6.85. The average molecular weight is 322 g/mol. The van der Waals surface area contributed by atoms with Gasteiger partial charge in [0.2, 0.25) is 0 Å². The standard InChI is InChI=1S/C15H16ClN3OS/c1-8-3-2-4-10(13(8)16)14(20)19-15-18-11-6-5-9(17)7-12(11)21-15/h2-4,9H,5-7,17H2,1H3,(H,18,19,20)/t9-/m0/s1. The van der Waals surface area contributed by atoms with Gasteiger partial charge in [-0.2, -0.15) is 0 Å². The number of fused-ring (bicyclic) bond motifs is 1. The number of benzene rings is 1. The summed E-state index contributed by atoms with van der Waals surface area (Å²) < 4.78 is 0. The van der Waals surface area contributed by atoms with E-state index < -0.39 is 0 Å². The Bertz CT molecular complexity index is 698. The Morgan fingerprint density at radius 3 is 3.14 bits per heavy atom. The van der Waals surface area contributed by atoms with Crippen LogP contribution >= 0.6 is 22.9 Å². The summed E-state index contributed by atoms with van der Waals surface area (Å²) in [5.74, 6) is -0.223. The summed E-state index contributed by atoms with van der Waals surface area (Å²) in [6, 6.07) is 5.62. The van der Waals surface area contributed by atoms with Gasteiger partial charge in [-0.3, -0.25) is 10.1 Å². The molecule has 1 aliphatic carbocycles. The average Bonchev–Trinajstić information content (AvgIpc) is 2.83. The van der Waals surface area contributed by atoms with Gasteiger partial charge in [-0.15, -0.1) is 11.3 Å². The maximum atomic E-state index is 12.3. The van der Waals surface area contributed by atoms with Crippen LogP contribution in [-0.4, -0.2) is 16.9 Å². The predicted molar refractivity (Wildman–Crippen MR) is 86.3 cm³/mol. The number of rotatable bonds is 2. The molecular formula is C15H16ClN3OS. The van der Waals surface area contributed by atoms with Gasteiger partial charge < -0.3 is 5.73 Å². The number of amides is 1. The Kier molecular flexibility index (Phi) is 3.97. The van der Waals surface area contributed by atoms with Crippen molar-refractivity contribution in [3.63, 3.8) is 0 Å². The second-order valence-electron chi connectivity index (χ2n) is 5.28. The zero-order valence-electron chi connectivity index (χ0n) is 11.6. The smallest absolute Gasteiger partial charge is 0.258 e. The number of hydrogen-bond donors (Lipinski definition) is 2. The van der Waals surface area contributed by atoms with Crippen LogP contribution in [0.3, 0.4) is 0 Å². The number of nitrogens with two attached hydrogens (primary N) is 1. The number of nitrogens with zero attached hydrogens (tertiary/aromatic N) is 1. The van der Waals surface area contributed by atoms with E-state index in [9.17, 15) is 4.79 Å². The first kappa shape index (κ1) is 14.5. The van der Waals surface area contributed by atoms with Crippen molar-refractivity contribution in [1.82, 2.24) is 4.98 Å². The van der Waals surface area contributed by atoms with E-state index in [4.69, 9.17) is 17.3 Å². The number of aryl methyl sites for hydroxylation is 2. The second-order valence-corrected chi connectivity index (χ2v) is 6.74. The van der Waals surface area contributed by atoms with Crippen LogP contribution in [0.2, 0.25) is 5.02 Å². The van der Waals surface area contributed by atoms with Crippen LogP contribution in [0.25, 0.3) is 0 Å². The van der Waals surface area contributed by atoms with Crippen LogP contribution in [-0.2, 0) is 12.8 Å². The van der Waals surface area contributed by atoms with Crippen LogP contribution in [0.15, 0.2) is 18.2 Å². The molecule has 0 spiro atoms. The third-order valence-electron chi connectivity index (χ3n) is 3.63. The molecule has 1 amide bonds. The molecule has 4 nitrogen and oxygen atoms in total. The highest BCUT2D eigenvalue weighted by molar-refractivity contribution is 7.15. The van der Waals surface area contributed by atoms with Crippen molar-refractivity contribution in [1.29, 1.82) is 0 Å². The first-order chi connectivity index (χ1) is 10.0. The second kappa shape index (κ2) is 5.75. The van der Waals surface area contributed by atoms with Gasteiger partial charge in [0, 0.05) is 10.9 Å². The highest BCUT2D eigenvalue weighted by atomic mass is 35.5. The Labute approximate surface area is 132 Å². The van der Waals surface area contributed by atoms with Crippen molar-refractivity contribution in [2.45, 2.75) is 32.2 Å². The molecule has 3 rings (SSSR count). The summed E-state index contributed by atoms with van der Waals surface area (Å²) in [7, 11) is 0. The molecule has 21 heavy (non-hydrogen) atoms. The molecule has 110 valence electrons. The quantitative estimate of drug-likeness (QED) is 0.892. The van der Waals surface area contributed by atoms with Crippen molar-refractivity contribution in [2.75, 3.05) is 5.32 Å². The first-order valence-corrected chi connectivity index (χ1v) is 8.04. The number of halogens is 1. The molecule has 0 fully saturated rings. The minimum Gasteiger partial charge on any atom is -0.327 e. The topological polar surface area (TPSA) is 68.0 Å². The van der Waals surface area contributed by atoms with Gasteiger partial charge in [0.15, 0.2) is 5.13 Å². The summed E-state index contributed by atoms with van der Waals surface area (Å²) in [6.45, 7) is 1.88. The number of carbonyl (C=O) groups excluding carboxylic acids is 1. The van der Waals surface area contributed by atoms with Crippen LogP contribution < -0.4 is 11.1 Å². The van der Waals surface area contributed by atoms with Gasteiger partial charge in [-0.05, 0) is 37.8 Å². The lowest BCUT2D eigenvalue weighted by Crippen LogP contribution is -2.27. The Balaban J connectivity index is 1.81. The molecule has 0 unspecified atom stereocenters. The maximum absolute atomic E-state index is 12.3. The van der Waals surface area contributed by atoms with Gasteiger partial charge in [0.1, 0.15) is 0 Å². The monoisotopic (exact) mass is 321 g/mol. The summed E-state index contributed by atoms with van der Waals surface area (Å²) in [6.07, 6.45) is 2.68. The van der Waals surface area contributed by atoms with Crippen molar-refractivity contribution in [2.24, 2.45) is 5.73 Å². The summed E-state index contributed by atoms with van der Waals surface area (Å²) in [4.78, 5) is 18.0.